The Hall–Kier alpha value is -2.52. The van der Waals surface area contributed by atoms with Crippen molar-refractivity contribution < 1.29 is 34.6 Å². The van der Waals surface area contributed by atoms with Gasteiger partial charge >= 0.3 is 11.9 Å². The Kier molecular flexibility index (Phi) is 5.96. The monoisotopic (exact) mass is 313 g/mol. The Bertz CT molecular complexity index is 585. The van der Waals surface area contributed by atoms with Gasteiger partial charge in [0.1, 0.15) is 6.10 Å². The summed E-state index contributed by atoms with van der Waals surface area (Å²) in [7, 11) is 0. The molecule has 0 aliphatic heterocycles. The number of benzene rings is 1. The van der Waals surface area contributed by atoms with Crippen LogP contribution in [0.15, 0.2) is 18.2 Å². The van der Waals surface area contributed by atoms with Gasteiger partial charge in [-0.1, -0.05) is 0 Å². The lowest BCUT2D eigenvalue weighted by molar-refractivity contribution is -0.384. The Morgan fingerprint density at radius 2 is 2.00 bits per heavy atom. The zero-order valence-electron chi connectivity index (χ0n) is 11.6. The van der Waals surface area contributed by atoms with Crippen molar-refractivity contribution in [1.82, 2.24) is 0 Å². The predicted molar refractivity (Wildman–Crippen MR) is 72.3 cm³/mol. The van der Waals surface area contributed by atoms with Crippen LogP contribution in [0.4, 0.5) is 5.69 Å². The molecule has 120 valence electrons. The Morgan fingerprint density at radius 1 is 1.36 bits per heavy atom. The first-order valence-electron chi connectivity index (χ1n) is 6.31. The van der Waals surface area contributed by atoms with Crippen molar-refractivity contribution in [2.24, 2.45) is 0 Å². The summed E-state index contributed by atoms with van der Waals surface area (Å²) in [6.07, 6.45) is -3.83. The molecule has 1 rings (SSSR count). The first-order valence-corrected chi connectivity index (χ1v) is 6.31. The van der Waals surface area contributed by atoms with Crippen LogP contribution >= 0.6 is 0 Å². The molecule has 0 heterocycles. The fourth-order valence-corrected chi connectivity index (χ4v) is 1.81. The number of carbonyl (C=O) groups excluding carboxylic acids is 1. The number of non-ortho nitro benzene ring substituents is 1. The number of ether oxygens (including phenoxy) is 1. The number of nitro groups is 1. The first-order chi connectivity index (χ1) is 10.3. The number of nitrogens with zero attached hydrogens (tertiary/aromatic N) is 1. The van der Waals surface area contributed by atoms with Gasteiger partial charge in [0, 0.05) is 12.1 Å². The lowest BCUT2D eigenvalue weighted by Gasteiger charge is -2.19. The fraction of sp³-hybridized carbons (Fsp3) is 0.385. The average molecular weight is 313 g/mol. The summed E-state index contributed by atoms with van der Waals surface area (Å²) in [6, 6.07) is 2.81. The van der Waals surface area contributed by atoms with Crippen LogP contribution in [0.3, 0.4) is 0 Å². The molecule has 9 heteroatoms. The van der Waals surface area contributed by atoms with Gasteiger partial charge in [-0.05, 0) is 18.6 Å². The molecule has 22 heavy (non-hydrogen) atoms. The molecule has 1 aromatic rings. The van der Waals surface area contributed by atoms with Crippen molar-refractivity contribution in [3.05, 3.63) is 39.4 Å². The summed E-state index contributed by atoms with van der Waals surface area (Å²) in [6.45, 7) is 1.67. The number of aromatic carboxylic acids is 1. The molecule has 0 aliphatic rings. The molecular weight excluding hydrogens is 298 g/mol. The molecule has 2 unspecified atom stereocenters. The molecule has 0 saturated heterocycles. The zero-order chi connectivity index (χ0) is 16.9. The molecular formula is C13H15NO8. The SMILES string of the molecule is CCOC(=O)CC(O)C(O)c1ccc([N+](=O)[O-])cc1C(=O)O. The van der Waals surface area contributed by atoms with Gasteiger partial charge in [-0.3, -0.25) is 14.9 Å². The van der Waals surface area contributed by atoms with Gasteiger partial charge in [-0.25, -0.2) is 4.79 Å². The highest BCUT2D eigenvalue weighted by Gasteiger charge is 2.27. The van der Waals surface area contributed by atoms with Crippen LogP contribution in [-0.4, -0.2) is 44.9 Å². The number of aliphatic hydroxyl groups excluding tert-OH is 2. The molecule has 9 nitrogen and oxygen atoms in total. The van der Waals surface area contributed by atoms with Crippen molar-refractivity contribution in [3.8, 4) is 0 Å². The third kappa shape index (κ3) is 4.24. The van der Waals surface area contributed by atoms with E-state index in [1.807, 2.05) is 0 Å². The summed E-state index contributed by atoms with van der Waals surface area (Å²) in [4.78, 5) is 32.3. The number of esters is 1. The van der Waals surface area contributed by atoms with Crippen LogP contribution in [-0.2, 0) is 9.53 Å². The van der Waals surface area contributed by atoms with Gasteiger partial charge in [-0.2, -0.15) is 0 Å². The third-order valence-electron chi connectivity index (χ3n) is 2.84. The molecule has 0 aliphatic carbocycles. The highest BCUT2D eigenvalue weighted by Crippen LogP contribution is 2.26. The molecule has 0 spiro atoms. The van der Waals surface area contributed by atoms with Crippen molar-refractivity contribution in [2.45, 2.75) is 25.6 Å². The van der Waals surface area contributed by atoms with Gasteiger partial charge in [0.2, 0.25) is 0 Å². The van der Waals surface area contributed by atoms with E-state index < -0.39 is 46.7 Å². The van der Waals surface area contributed by atoms with E-state index in [-0.39, 0.29) is 12.2 Å². The maximum absolute atomic E-state index is 11.3. The van der Waals surface area contributed by atoms with Crippen molar-refractivity contribution in [2.75, 3.05) is 6.61 Å². The quantitative estimate of drug-likeness (QED) is 0.377. The largest absolute Gasteiger partial charge is 0.478 e. The molecule has 0 saturated carbocycles. The van der Waals surface area contributed by atoms with Gasteiger partial charge < -0.3 is 20.1 Å². The maximum atomic E-state index is 11.3. The Morgan fingerprint density at radius 3 is 2.50 bits per heavy atom. The number of nitro benzene ring substituents is 1. The fourth-order valence-electron chi connectivity index (χ4n) is 1.81. The topological polar surface area (TPSA) is 147 Å². The third-order valence-corrected chi connectivity index (χ3v) is 2.84. The van der Waals surface area contributed by atoms with E-state index in [2.05, 4.69) is 4.74 Å². The summed E-state index contributed by atoms with van der Waals surface area (Å²) in [5.74, 6) is -2.26. The molecule has 0 aromatic heterocycles. The predicted octanol–water partition coefficient (Wildman–Crippen LogP) is 0.641. The number of hydrogen-bond donors (Lipinski definition) is 3. The average Bonchev–Trinajstić information content (AvgIpc) is 2.45. The highest BCUT2D eigenvalue weighted by molar-refractivity contribution is 5.90. The minimum Gasteiger partial charge on any atom is -0.478 e. The van der Waals surface area contributed by atoms with Gasteiger partial charge in [0.15, 0.2) is 0 Å². The number of aliphatic hydroxyl groups is 2. The Labute approximate surface area is 124 Å². The van der Waals surface area contributed by atoms with E-state index in [1.54, 1.807) is 6.92 Å². The molecule has 0 radical (unpaired) electrons. The molecule has 0 amide bonds. The normalized spacial score (nSPS) is 13.2. The summed E-state index contributed by atoms with van der Waals surface area (Å²) >= 11 is 0. The molecule has 0 fully saturated rings. The molecule has 0 bridgehead atoms. The van der Waals surface area contributed by atoms with Gasteiger partial charge in [0.25, 0.3) is 5.69 Å². The van der Waals surface area contributed by atoms with Crippen LogP contribution < -0.4 is 0 Å². The van der Waals surface area contributed by atoms with E-state index in [0.717, 1.165) is 18.2 Å². The van der Waals surface area contributed by atoms with Crippen LogP contribution in [0, 0.1) is 10.1 Å². The van der Waals surface area contributed by atoms with E-state index in [0.29, 0.717) is 0 Å². The minimum absolute atomic E-state index is 0.0968. The van der Waals surface area contributed by atoms with Gasteiger partial charge in [0.05, 0.1) is 29.6 Å². The van der Waals surface area contributed by atoms with Crippen molar-refractivity contribution in [1.29, 1.82) is 0 Å². The molecule has 2 atom stereocenters. The summed E-state index contributed by atoms with van der Waals surface area (Å²) < 4.78 is 4.61. The summed E-state index contributed by atoms with van der Waals surface area (Å²) in [5.41, 5.74) is -1.22. The number of carbonyl (C=O) groups is 2. The van der Waals surface area contributed by atoms with Crippen molar-refractivity contribution >= 4 is 17.6 Å². The number of carboxylic acids is 1. The van der Waals surface area contributed by atoms with Crippen LogP contribution in [0.5, 0.6) is 0 Å². The smallest absolute Gasteiger partial charge is 0.336 e. The standard InChI is InChI=1S/C13H15NO8/c1-2-22-11(16)6-10(15)12(17)8-4-3-7(14(20)21)5-9(8)13(18)19/h3-5,10,12,15,17H,2,6H2,1H3,(H,18,19). The van der Waals surface area contributed by atoms with E-state index in [1.165, 1.54) is 0 Å². The second kappa shape index (κ2) is 7.48. The second-order valence-corrected chi connectivity index (χ2v) is 4.36. The number of rotatable bonds is 7. The van der Waals surface area contributed by atoms with Gasteiger partial charge in [-0.15, -0.1) is 0 Å². The number of carboxylic acid groups (broad SMARTS) is 1. The van der Waals surface area contributed by atoms with Crippen LogP contribution in [0.1, 0.15) is 35.4 Å². The van der Waals surface area contributed by atoms with Crippen molar-refractivity contribution in [3.63, 3.8) is 0 Å². The van der Waals surface area contributed by atoms with Crippen LogP contribution in [0.25, 0.3) is 0 Å². The maximum Gasteiger partial charge on any atom is 0.336 e. The van der Waals surface area contributed by atoms with E-state index in [9.17, 15) is 29.9 Å². The summed E-state index contributed by atoms with van der Waals surface area (Å²) in [5, 5.41) is 39.5. The lowest BCUT2D eigenvalue weighted by atomic mass is 9.96. The molecule has 1 aromatic carbocycles. The Balaban J connectivity index is 3.06. The minimum atomic E-state index is -1.70. The molecule has 3 N–H and O–H groups in total. The second-order valence-electron chi connectivity index (χ2n) is 4.36. The lowest BCUT2D eigenvalue weighted by Crippen LogP contribution is -2.24. The van der Waals surface area contributed by atoms with Crippen LogP contribution in [0.2, 0.25) is 0 Å². The first kappa shape index (κ1) is 17.5. The highest BCUT2D eigenvalue weighted by atomic mass is 16.6. The van der Waals surface area contributed by atoms with E-state index in [4.69, 9.17) is 5.11 Å². The number of hydrogen-bond acceptors (Lipinski definition) is 7. The zero-order valence-corrected chi connectivity index (χ0v) is 11.6. The van der Waals surface area contributed by atoms with E-state index >= 15 is 0 Å².